The number of hydrogen-bond donors (Lipinski definition) is 0. The van der Waals surface area contributed by atoms with Crippen molar-refractivity contribution >= 4 is 54.6 Å². The van der Waals surface area contributed by atoms with Crippen molar-refractivity contribution in [2.45, 2.75) is 0 Å². The minimum absolute atomic E-state index is 0.569. The summed E-state index contributed by atoms with van der Waals surface area (Å²) in [5.41, 5.74) is 10.4. The van der Waals surface area contributed by atoms with Crippen molar-refractivity contribution in [1.29, 1.82) is 0 Å². The molecule has 0 amide bonds. The molecule has 11 rings (SSSR count). The molecule has 0 fully saturated rings. The monoisotopic (exact) mass is 691 g/mol. The summed E-state index contributed by atoms with van der Waals surface area (Å²) < 4.78 is 8.84. The largest absolute Gasteiger partial charge is 0.455 e. The van der Waals surface area contributed by atoms with E-state index in [1.807, 2.05) is 66.7 Å². The van der Waals surface area contributed by atoms with Crippen molar-refractivity contribution < 1.29 is 4.42 Å². The van der Waals surface area contributed by atoms with Gasteiger partial charge >= 0.3 is 0 Å². The van der Waals surface area contributed by atoms with Gasteiger partial charge in [0.15, 0.2) is 17.5 Å². The first-order valence-corrected chi connectivity index (χ1v) is 18.0. The second kappa shape index (κ2) is 12.1. The molecule has 0 N–H and O–H groups in total. The lowest BCUT2D eigenvalue weighted by Gasteiger charge is -2.11. The molecule has 0 unspecified atom stereocenters. The van der Waals surface area contributed by atoms with Crippen molar-refractivity contribution in [1.82, 2.24) is 24.5 Å². The van der Waals surface area contributed by atoms with E-state index in [9.17, 15) is 0 Å². The normalized spacial score (nSPS) is 11.7. The molecule has 0 aliphatic heterocycles. The zero-order valence-corrected chi connectivity index (χ0v) is 28.9. The molecule has 0 aliphatic rings. The van der Waals surface area contributed by atoms with Crippen molar-refractivity contribution in [2.75, 3.05) is 0 Å². The van der Waals surface area contributed by atoms with Crippen LogP contribution in [-0.4, -0.2) is 24.5 Å². The standard InChI is InChI=1S/C48H29N5O/c1-3-13-30(14-4-1)44-43-38-19-9-12-22-42(38)54-45(43)37-28-25-33(29-39(37)49-44)48-51-46(31-15-5-2-6-16-31)50-47(52-48)32-23-26-34(27-24-32)53-40-20-10-7-17-35(40)36-18-8-11-21-41(36)53/h1-29H. The summed E-state index contributed by atoms with van der Waals surface area (Å²) >= 11 is 0. The summed E-state index contributed by atoms with van der Waals surface area (Å²) in [5, 5.41) is 5.45. The minimum Gasteiger partial charge on any atom is -0.455 e. The van der Waals surface area contributed by atoms with Crippen LogP contribution in [-0.2, 0) is 0 Å². The number of aromatic nitrogens is 5. The SMILES string of the molecule is c1ccc(-c2nc(-c3ccc(-n4c5ccccc5c5ccccc54)cc3)nc(-c3ccc4c(c3)nc(-c3ccccc3)c3c5ccccc5oc43)n2)cc1. The number of hydrogen-bond acceptors (Lipinski definition) is 5. The number of rotatable bonds is 5. The molecule has 54 heavy (non-hydrogen) atoms. The van der Waals surface area contributed by atoms with E-state index in [4.69, 9.17) is 24.4 Å². The van der Waals surface area contributed by atoms with Crippen LogP contribution >= 0.6 is 0 Å². The second-order valence-electron chi connectivity index (χ2n) is 13.4. The van der Waals surface area contributed by atoms with E-state index in [2.05, 4.69) is 114 Å². The van der Waals surface area contributed by atoms with Crippen molar-refractivity contribution in [2.24, 2.45) is 0 Å². The smallest absolute Gasteiger partial charge is 0.164 e. The molecule has 0 spiro atoms. The quantitative estimate of drug-likeness (QED) is 0.180. The van der Waals surface area contributed by atoms with Gasteiger partial charge in [-0.1, -0.05) is 121 Å². The molecule has 6 heteroatoms. The van der Waals surface area contributed by atoms with Crippen LogP contribution in [0.4, 0.5) is 0 Å². The average molecular weight is 692 g/mol. The lowest BCUT2D eigenvalue weighted by atomic mass is 10.0. The number of pyridine rings is 1. The average Bonchev–Trinajstić information content (AvgIpc) is 3.80. The number of furan rings is 1. The van der Waals surface area contributed by atoms with Gasteiger partial charge in [0.1, 0.15) is 11.2 Å². The summed E-state index contributed by atoms with van der Waals surface area (Å²) in [4.78, 5) is 20.4. The molecule has 0 radical (unpaired) electrons. The molecule has 4 heterocycles. The highest BCUT2D eigenvalue weighted by molar-refractivity contribution is 6.19. The molecular formula is C48H29N5O. The lowest BCUT2D eigenvalue weighted by Crippen LogP contribution is -2.01. The molecule has 0 atom stereocenters. The number of benzene rings is 7. The van der Waals surface area contributed by atoms with E-state index >= 15 is 0 Å². The predicted octanol–water partition coefficient (Wildman–Crippen LogP) is 12.1. The second-order valence-corrected chi connectivity index (χ2v) is 13.4. The van der Waals surface area contributed by atoms with Gasteiger partial charge < -0.3 is 8.98 Å². The van der Waals surface area contributed by atoms with Crippen molar-refractivity contribution in [3.05, 3.63) is 176 Å². The maximum atomic E-state index is 6.53. The Labute approximate surface area is 309 Å². The van der Waals surface area contributed by atoms with Crippen LogP contribution in [0.15, 0.2) is 180 Å². The summed E-state index contributed by atoms with van der Waals surface area (Å²) in [7, 11) is 0. The Morgan fingerprint density at radius 2 is 0.907 bits per heavy atom. The van der Waals surface area contributed by atoms with E-state index < -0.39 is 0 Å². The van der Waals surface area contributed by atoms with Gasteiger partial charge in [0.05, 0.1) is 27.6 Å². The minimum atomic E-state index is 0.569. The maximum absolute atomic E-state index is 6.53. The Balaban J connectivity index is 1.07. The molecule has 252 valence electrons. The van der Waals surface area contributed by atoms with E-state index in [0.29, 0.717) is 17.5 Å². The maximum Gasteiger partial charge on any atom is 0.164 e. The highest BCUT2D eigenvalue weighted by atomic mass is 16.3. The fourth-order valence-electron chi connectivity index (χ4n) is 7.72. The van der Waals surface area contributed by atoms with Crippen LogP contribution in [0.5, 0.6) is 0 Å². The molecule has 7 aromatic carbocycles. The van der Waals surface area contributed by atoms with Gasteiger partial charge in [-0.3, -0.25) is 0 Å². The van der Waals surface area contributed by atoms with Crippen LogP contribution in [0.2, 0.25) is 0 Å². The first-order chi connectivity index (χ1) is 26.8. The van der Waals surface area contributed by atoms with Crippen LogP contribution in [0.1, 0.15) is 0 Å². The fourth-order valence-corrected chi connectivity index (χ4v) is 7.72. The molecule has 0 saturated carbocycles. The van der Waals surface area contributed by atoms with Gasteiger partial charge in [0.2, 0.25) is 0 Å². The Morgan fingerprint density at radius 3 is 1.57 bits per heavy atom. The number of para-hydroxylation sites is 3. The van der Waals surface area contributed by atoms with E-state index in [0.717, 1.165) is 66.5 Å². The summed E-state index contributed by atoms with van der Waals surface area (Å²) in [6, 6.07) is 60.3. The first-order valence-electron chi connectivity index (χ1n) is 18.0. The highest BCUT2D eigenvalue weighted by Gasteiger charge is 2.20. The zero-order valence-electron chi connectivity index (χ0n) is 28.9. The van der Waals surface area contributed by atoms with Crippen LogP contribution in [0.3, 0.4) is 0 Å². The van der Waals surface area contributed by atoms with Gasteiger partial charge in [-0.2, -0.15) is 0 Å². The molecule has 4 aromatic heterocycles. The van der Waals surface area contributed by atoms with Crippen LogP contribution in [0.25, 0.3) is 106 Å². The van der Waals surface area contributed by atoms with Gasteiger partial charge in [0.25, 0.3) is 0 Å². The van der Waals surface area contributed by atoms with E-state index in [1.54, 1.807) is 0 Å². The number of nitrogens with zero attached hydrogens (tertiary/aromatic N) is 5. The van der Waals surface area contributed by atoms with Crippen molar-refractivity contribution in [3.63, 3.8) is 0 Å². The fraction of sp³-hybridized carbons (Fsp3) is 0. The lowest BCUT2D eigenvalue weighted by molar-refractivity contribution is 0.672. The van der Waals surface area contributed by atoms with E-state index in [1.165, 1.54) is 21.8 Å². The Kier molecular flexibility index (Phi) is 6.75. The van der Waals surface area contributed by atoms with E-state index in [-0.39, 0.29) is 0 Å². The Hall–Kier alpha value is -7.44. The Morgan fingerprint density at radius 1 is 0.389 bits per heavy atom. The van der Waals surface area contributed by atoms with Crippen LogP contribution in [0, 0.1) is 0 Å². The Bertz CT molecular complexity index is 3150. The third-order valence-corrected chi connectivity index (χ3v) is 10.2. The summed E-state index contributed by atoms with van der Waals surface area (Å²) in [6.45, 7) is 0. The number of fused-ring (bicyclic) bond motifs is 8. The third-order valence-electron chi connectivity index (χ3n) is 10.2. The molecule has 0 saturated heterocycles. The highest BCUT2D eigenvalue weighted by Crippen LogP contribution is 2.40. The topological polar surface area (TPSA) is 69.6 Å². The van der Waals surface area contributed by atoms with Gasteiger partial charge in [-0.05, 0) is 54.6 Å². The van der Waals surface area contributed by atoms with Crippen molar-refractivity contribution in [3.8, 4) is 51.1 Å². The molecular weight excluding hydrogens is 663 g/mol. The molecule has 0 aliphatic carbocycles. The predicted molar refractivity (Wildman–Crippen MR) is 218 cm³/mol. The first kappa shape index (κ1) is 30.2. The zero-order chi connectivity index (χ0) is 35.6. The van der Waals surface area contributed by atoms with Crippen LogP contribution < -0.4 is 0 Å². The summed E-state index contributed by atoms with van der Waals surface area (Å²) in [5.74, 6) is 1.77. The molecule has 6 nitrogen and oxygen atoms in total. The van der Waals surface area contributed by atoms with Gasteiger partial charge in [-0.25, -0.2) is 19.9 Å². The summed E-state index contributed by atoms with van der Waals surface area (Å²) in [6.07, 6.45) is 0. The molecule has 0 bridgehead atoms. The van der Waals surface area contributed by atoms with Gasteiger partial charge in [-0.15, -0.1) is 0 Å². The molecule has 11 aromatic rings. The van der Waals surface area contributed by atoms with Gasteiger partial charge in [0, 0.05) is 49.5 Å². The third kappa shape index (κ3) is 4.81.